The minimum Gasteiger partial charge on any atom is -0.0929 e. The third kappa shape index (κ3) is 3.03. The summed E-state index contributed by atoms with van der Waals surface area (Å²) in [5.41, 5.74) is 5.67. The Morgan fingerprint density at radius 2 is 1.74 bits per heavy atom. The van der Waals surface area contributed by atoms with Gasteiger partial charge in [-0.3, -0.25) is 0 Å². The highest BCUT2D eigenvalue weighted by Crippen LogP contribution is 2.54. The van der Waals surface area contributed by atoms with Gasteiger partial charge in [-0.2, -0.15) is 0 Å². The number of hydrogen-bond acceptors (Lipinski definition) is 1. The molecule has 4 rings (SSSR count). The quantitative estimate of drug-likeness (QED) is 0.584. The van der Waals surface area contributed by atoms with Gasteiger partial charge in [0, 0.05) is 15.7 Å². The fourth-order valence-corrected chi connectivity index (χ4v) is 4.60. The van der Waals surface area contributed by atoms with Gasteiger partial charge in [0.25, 0.3) is 0 Å². The average Bonchev–Trinajstić information content (AvgIpc) is 3.02. The lowest BCUT2D eigenvalue weighted by Crippen LogP contribution is -2.00. The lowest BCUT2D eigenvalue weighted by Gasteiger charge is -2.19. The second-order valence-corrected chi connectivity index (χ2v) is 6.74. The summed E-state index contributed by atoms with van der Waals surface area (Å²) in [6, 6.07) is 17.9. The van der Waals surface area contributed by atoms with E-state index in [0.717, 1.165) is 12.8 Å². The molecule has 0 N–H and O–H groups in total. The highest BCUT2D eigenvalue weighted by atomic mass is 32.2. The van der Waals surface area contributed by atoms with E-state index in [1.807, 2.05) is 25.6 Å². The molecule has 1 aliphatic carbocycles. The van der Waals surface area contributed by atoms with Gasteiger partial charge in [0.2, 0.25) is 0 Å². The summed E-state index contributed by atoms with van der Waals surface area (Å²) < 4.78 is 0. The molecule has 118 valence electrons. The summed E-state index contributed by atoms with van der Waals surface area (Å²) in [6.07, 6.45) is 6.88. The first-order valence-electron chi connectivity index (χ1n) is 8.63. The van der Waals surface area contributed by atoms with Crippen LogP contribution >= 0.6 is 11.8 Å². The van der Waals surface area contributed by atoms with Gasteiger partial charge in [-0.05, 0) is 41.2 Å². The zero-order valence-electron chi connectivity index (χ0n) is 14.2. The van der Waals surface area contributed by atoms with Crippen LogP contribution in [0.25, 0.3) is 5.57 Å². The van der Waals surface area contributed by atoms with Crippen molar-refractivity contribution in [1.29, 1.82) is 0 Å². The maximum atomic E-state index is 2.33. The summed E-state index contributed by atoms with van der Waals surface area (Å²) in [5.74, 6) is 0.567. The highest BCUT2D eigenvalue weighted by molar-refractivity contribution is 8.03. The Morgan fingerprint density at radius 3 is 2.48 bits per heavy atom. The van der Waals surface area contributed by atoms with Crippen LogP contribution in [-0.2, 0) is 6.42 Å². The predicted octanol–water partition coefficient (Wildman–Crippen LogP) is 6.84. The van der Waals surface area contributed by atoms with Crippen LogP contribution in [0.5, 0.6) is 0 Å². The van der Waals surface area contributed by atoms with Crippen molar-refractivity contribution >= 4 is 17.3 Å². The summed E-state index contributed by atoms with van der Waals surface area (Å²) in [4.78, 5) is 2.96. The SMILES string of the molecule is CC.CCc1ccc(C2=C3Sc4ccccc4C3CC=C2)cc1. The van der Waals surface area contributed by atoms with Gasteiger partial charge in [-0.15, -0.1) is 0 Å². The fourth-order valence-electron chi connectivity index (χ4n) is 3.23. The van der Waals surface area contributed by atoms with Crippen LogP contribution in [0.2, 0.25) is 0 Å². The summed E-state index contributed by atoms with van der Waals surface area (Å²) in [7, 11) is 0. The fraction of sp³-hybridized carbons (Fsp3) is 0.273. The standard InChI is InChI=1S/C20H18S.C2H6/c1-2-14-10-12-15(13-11-14)16-7-5-8-18-17-6-3-4-9-19(17)21-20(16)18;1-2/h3-7,9-13,18H,2,8H2,1H3;1-2H3. The van der Waals surface area contributed by atoms with Crippen molar-refractivity contribution in [2.45, 2.75) is 44.4 Å². The Morgan fingerprint density at radius 1 is 1.00 bits per heavy atom. The third-order valence-electron chi connectivity index (χ3n) is 4.43. The molecule has 0 amide bonds. The number of hydrogen-bond donors (Lipinski definition) is 0. The first kappa shape index (κ1) is 16.1. The van der Waals surface area contributed by atoms with Crippen LogP contribution < -0.4 is 0 Å². The molecule has 1 aliphatic heterocycles. The largest absolute Gasteiger partial charge is 0.0929 e. The predicted molar refractivity (Wildman–Crippen MR) is 103 cm³/mol. The summed E-state index contributed by atoms with van der Waals surface area (Å²) in [6.45, 7) is 6.21. The molecule has 1 atom stereocenters. The molecule has 1 heterocycles. The van der Waals surface area contributed by atoms with E-state index in [1.54, 1.807) is 0 Å². The van der Waals surface area contributed by atoms with E-state index in [1.165, 1.54) is 32.1 Å². The van der Waals surface area contributed by atoms with Crippen LogP contribution in [0, 0.1) is 0 Å². The molecular formula is C22H24S. The zero-order valence-corrected chi connectivity index (χ0v) is 15.0. The molecule has 23 heavy (non-hydrogen) atoms. The molecule has 0 saturated heterocycles. The van der Waals surface area contributed by atoms with Gasteiger partial charge in [-0.1, -0.05) is 87.1 Å². The second kappa shape index (κ2) is 7.23. The Balaban J connectivity index is 0.000000753. The Labute approximate surface area is 144 Å². The van der Waals surface area contributed by atoms with Crippen molar-refractivity contribution in [2.24, 2.45) is 0 Å². The number of allylic oxidation sites excluding steroid dienone is 4. The first-order valence-corrected chi connectivity index (χ1v) is 9.45. The minimum atomic E-state index is 0.567. The molecule has 0 saturated carbocycles. The highest BCUT2D eigenvalue weighted by Gasteiger charge is 2.31. The number of rotatable bonds is 2. The van der Waals surface area contributed by atoms with Crippen LogP contribution in [0.1, 0.15) is 49.8 Å². The topological polar surface area (TPSA) is 0 Å². The third-order valence-corrected chi connectivity index (χ3v) is 5.74. The number of fused-ring (bicyclic) bond motifs is 3. The number of thioether (sulfide) groups is 1. The van der Waals surface area contributed by atoms with E-state index in [9.17, 15) is 0 Å². The smallest absolute Gasteiger partial charge is 0.0205 e. The lowest BCUT2D eigenvalue weighted by atomic mass is 9.87. The van der Waals surface area contributed by atoms with Crippen molar-refractivity contribution in [3.05, 3.63) is 82.3 Å². The van der Waals surface area contributed by atoms with E-state index in [0.29, 0.717) is 5.92 Å². The second-order valence-electron chi connectivity index (χ2n) is 5.66. The van der Waals surface area contributed by atoms with E-state index < -0.39 is 0 Å². The molecule has 0 aromatic heterocycles. The molecule has 0 fully saturated rings. The van der Waals surface area contributed by atoms with Crippen molar-refractivity contribution in [3.8, 4) is 0 Å². The van der Waals surface area contributed by atoms with E-state index in [-0.39, 0.29) is 0 Å². The number of aryl methyl sites for hydroxylation is 1. The minimum absolute atomic E-state index is 0.567. The molecule has 0 spiro atoms. The van der Waals surface area contributed by atoms with Crippen LogP contribution in [0.15, 0.2) is 70.5 Å². The van der Waals surface area contributed by atoms with Crippen molar-refractivity contribution in [2.75, 3.05) is 0 Å². The van der Waals surface area contributed by atoms with Gasteiger partial charge in [0.05, 0.1) is 0 Å². The molecule has 0 nitrogen and oxygen atoms in total. The molecule has 1 unspecified atom stereocenters. The lowest BCUT2D eigenvalue weighted by molar-refractivity contribution is 0.841. The molecule has 0 bridgehead atoms. The van der Waals surface area contributed by atoms with E-state index in [4.69, 9.17) is 0 Å². The van der Waals surface area contributed by atoms with Gasteiger partial charge in [0.1, 0.15) is 0 Å². The molecule has 2 aliphatic rings. The monoisotopic (exact) mass is 320 g/mol. The summed E-state index contributed by atoms with van der Waals surface area (Å²) in [5, 5.41) is 0. The van der Waals surface area contributed by atoms with Gasteiger partial charge in [-0.25, -0.2) is 0 Å². The normalized spacial score (nSPS) is 18.1. The maximum absolute atomic E-state index is 2.33. The molecule has 1 heteroatoms. The van der Waals surface area contributed by atoms with Crippen LogP contribution in [-0.4, -0.2) is 0 Å². The van der Waals surface area contributed by atoms with E-state index >= 15 is 0 Å². The summed E-state index contributed by atoms with van der Waals surface area (Å²) >= 11 is 1.96. The molecule has 2 aromatic carbocycles. The molecule has 2 aromatic rings. The van der Waals surface area contributed by atoms with E-state index in [2.05, 4.69) is 67.6 Å². The Bertz CT molecular complexity index is 735. The van der Waals surface area contributed by atoms with Gasteiger partial charge in [0.15, 0.2) is 0 Å². The molecule has 0 radical (unpaired) electrons. The first-order chi connectivity index (χ1) is 11.4. The zero-order chi connectivity index (χ0) is 16.2. The van der Waals surface area contributed by atoms with Crippen LogP contribution in [0.3, 0.4) is 0 Å². The van der Waals surface area contributed by atoms with Crippen LogP contribution in [0.4, 0.5) is 0 Å². The van der Waals surface area contributed by atoms with Crippen molar-refractivity contribution < 1.29 is 0 Å². The Hall–Kier alpha value is -1.73. The number of benzene rings is 2. The van der Waals surface area contributed by atoms with Crippen molar-refractivity contribution in [3.63, 3.8) is 0 Å². The Kier molecular flexibility index (Phi) is 5.07. The van der Waals surface area contributed by atoms with Gasteiger partial charge >= 0.3 is 0 Å². The molecular weight excluding hydrogens is 296 g/mol. The maximum Gasteiger partial charge on any atom is 0.0205 e. The van der Waals surface area contributed by atoms with Crippen molar-refractivity contribution in [1.82, 2.24) is 0 Å². The average molecular weight is 321 g/mol. The van der Waals surface area contributed by atoms with Gasteiger partial charge < -0.3 is 0 Å².